The summed E-state index contributed by atoms with van der Waals surface area (Å²) in [6.45, 7) is 7.39. The van der Waals surface area contributed by atoms with E-state index < -0.39 is 0 Å². The summed E-state index contributed by atoms with van der Waals surface area (Å²) in [4.78, 5) is 0. The summed E-state index contributed by atoms with van der Waals surface area (Å²) < 4.78 is 11.2. The van der Waals surface area contributed by atoms with Gasteiger partial charge >= 0.3 is 0 Å². The first-order valence-corrected chi connectivity index (χ1v) is 7.20. The molecule has 106 valence electrons. The van der Waals surface area contributed by atoms with Crippen LogP contribution in [0.1, 0.15) is 26.7 Å². The van der Waals surface area contributed by atoms with Crippen molar-refractivity contribution in [3.8, 4) is 11.5 Å². The van der Waals surface area contributed by atoms with E-state index in [2.05, 4.69) is 10.6 Å². The fourth-order valence-corrected chi connectivity index (χ4v) is 2.35. The molecule has 1 heterocycles. The van der Waals surface area contributed by atoms with Crippen molar-refractivity contribution in [3.05, 3.63) is 18.2 Å². The number of hydrogen-bond acceptors (Lipinski definition) is 4. The van der Waals surface area contributed by atoms with Gasteiger partial charge in [-0.05, 0) is 45.4 Å². The Bertz CT molecular complexity index is 390. The van der Waals surface area contributed by atoms with Crippen molar-refractivity contribution >= 4 is 5.69 Å². The molecular weight excluding hydrogens is 240 g/mol. The van der Waals surface area contributed by atoms with Gasteiger partial charge in [0.2, 0.25) is 0 Å². The molecule has 1 fully saturated rings. The Morgan fingerprint density at radius 2 is 2.11 bits per heavy atom. The molecule has 4 nitrogen and oxygen atoms in total. The largest absolute Gasteiger partial charge is 0.494 e. The summed E-state index contributed by atoms with van der Waals surface area (Å²) in [6, 6.07) is 6.50. The third-order valence-corrected chi connectivity index (χ3v) is 3.26. The molecule has 2 rings (SSSR count). The van der Waals surface area contributed by atoms with E-state index in [0.717, 1.165) is 30.3 Å². The first-order chi connectivity index (χ1) is 9.33. The molecule has 1 aromatic carbocycles. The molecule has 1 saturated heterocycles. The molecule has 1 atom stereocenters. The monoisotopic (exact) mass is 264 g/mol. The summed E-state index contributed by atoms with van der Waals surface area (Å²) in [5, 5.41) is 6.95. The Morgan fingerprint density at radius 1 is 1.26 bits per heavy atom. The highest BCUT2D eigenvalue weighted by Crippen LogP contribution is 2.29. The van der Waals surface area contributed by atoms with E-state index in [1.807, 2.05) is 32.0 Å². The first-order valence-electron chi connectivity index (χ1n) is 7.20. The van der Waals surface area contributed by atoms with Crippen LogP contribution in [0.5, 0.6) is 11.5 Å². The van der Waals surface area contributed by atoms with Gasteiger partial charge in [-0.2, -0.15) is 0 Å². The summed E-state index contributed by atoms with van der Waals surface area (Å²) in [7, 11) is 0. The molecule has 1 aliphatic rings. The van der Waals surface area contributed by atoms with E-state index >= 15 is 0 Å². The molecule has 19 heavy (non-hydrogen) atoms. The molecule has 0 amide bonds. The van der Waals surface area contributed by atoms with Crippen molar-refractivity contribution in [2.45, 2.75) is 32.7 Å². The lowest BCUT2D eigenvalue weighted by Crippen LogP contribution is -2.29. The minimum absolute atomic E-state index is 0.560. The van der Waals surface area contributed by atoms with Gasteiger partial charge in [0.1, 0.15) is 11.5 Å². The first kappa shape index (κ1) is 14.0. The van der Waals surface area contributed by atoms with Crippen LogP contribution in [0.3, 0.4) is 0 Å². The molecule has 0 saturated carbocycles. The highest BCUT2D eigenvalue weighted by molar-refractivity contribution is 5.59. The quantitative estimate of drug-likeness (QED) is 0.794. The van der Waals surface area contributed by atoms with Crippen molar-refractivity contribution in [1.82, 2.24) is 5.32 Å². The molecular formula is C15H24N2O2. The fourth-order valence-electron chi connectivity index (χ4n) is 2.35. The van der Waals surface area contributed by atoms with Crippen molar-refractivity contribution in [2.24, 2.45) is 0 Å². The van der Waals surface area contributed by atoms with Crippen LogP contribution in [0.15, 0.2) is 18.2 Å². The second-order valence-corrected chi connectivity index (χ2v) is 4.70. The molecule has 1 unspecified atom stereocenters. The summed E-state index contributed by atoms with van der Waals surface area (Å²) in [5.74, 6) is 1.77. The van der Waals surface area contributed by atoms with Gasteiger partial charge in [0, 0.05) is 18.7 Å². The predicted octanol–water partition coefficient (Wildman–Crippen LogP) is 2.65. The molecule has 0 bridgehead atoms. The smallest absolute Gasteiger partial charge is 0.142 e. The number of rotatable bonds is 7. The maximum atomic E-state index is 5.65. The second-order valence-electron chi connectivity index (χ2n) is 4.70. The van der Waals surface area contributed by atoms with E-state index in [-0.39, 0.29) is 0 Å². The standard InChI is InChI=1S/C15H24N2O2/c1-3-18-13-7-8-15(19-4-2)14(10-13)17-11-12-6-5-9-16-12/h7-8,10,12,16-17H,3-6,9,11H2,1-2H3. The SMILES string of the molecule is CCOc1ccc(OCC)c(NCC2CCCN2)c1. The van der Waals surface area contributed by atoms with Gasteiger partial charge in [-0.15, -0.1) is 0 Å². The van der Waals surface area contributed by atoms with Gasteiger partial charge in [-0.1, -0.05) is 0 Å². The Kier molecular flexibility index (Phi) is 5.33. The summed E-state index contributed by atoms with van der Waals surface area (Å²) >= 11 is 0. The molecule has 1 aromatic rings. The number of anilines is 1. The zero-order valence-electron chi connectivity index (χ0n) is 11.9. The van der Waals surface area contributed by atoms with Gasteiger partial charge < -0.3 is 20.1 Å². The number of ether oxygens (including phenoxy) is 2. The Balaban J connectivity index is 2.02. The van der Waals surface area contributed by atoms with Crippen LogP contribution in [-0.4, -0.2) is 32.3 Å². The van der Waals surface area contributed by atoms with Gasteiger partial charge in [0.25, 0.3) is 0 Å². The molecule has 0 aliphatic carbocycles. The normalized spacial score (nSPS) is 18.3. The Morgan fingerprint density at radius 3 is 2.79 bits per heavy atom. The maximum Gasteiger partial charge on any atom is 0.142 e. The van der Waals surface area contributed by atoms with Crippen LogP contribution < -0.4 is 20.1 Å². The lowest BCUT2D eigenvalue weighted by atomic mass is 10.2. The Hall–Kier alpha value is -1.42. The highest BCUT2D eigenvalue weighted by atomic mass is 16.5. The van der Waals surface area contributed by atoms with Crippen LogP contribution in [0.4, 0.5) is 5.69 Å². The fraction of sp³-hybridized carbons (Fsp3) is 0.600. The van der Waals surface area contributed by atoms with Gasteiger partial charge in [0.15, 0.2) is 0 Å². The Labute approximate surface area is 115 Å². The van der Waals surface area contributed by atoms with Crippen molar-refractivity contribution in [3.63, 3.8) is 0 Å². The van der Waals surface area contributed by atoms with Gasteiger partial charge in [0.05, 0.1) is 18.9 Å². The zero-order valence-corrected chi connectivity index (χ0v) is 11.9. The average molecular weight is 264 g/mol. The third kappa shape index (κ3) is 4.03. The van der Waals surface area contributed by atoms with Crippen LogP contribution in [-0.2, 0) is 0 Å². The van der Waals surface area contributed by atoms with E-state index in [9.17, 15) is 0 Å². The lowest BCUT2D eigenvalue weighted by Gasteiger charge is -2.17. The summed E-state index contributed by atoms with van der Waals surface area (Å²) in [6.07, 6.45) is 2.51. The van der Waals surface area contributed by atoms with E-state index in [0.29, 0.717) is 19.3 Å². The number of benzene rings is 1. The molecule has 0 spiro atoms. The molecule has 1 aliphatic heterocycles. The van der Waals surface area contributed by atoms with Gasteiger partial charge in [-0.3, -0.25) is 0 Å². The molecule has 2 N–H and O–H groups in total. The second kappa shape index (κ2) is 7.24. The van der Waals surface area contributed by atoms with Crippen molar-refractivity contribution in [1.29, 1.82) is 0 Å². The topological polar surface area (TPSA) is 42.5 Å². The third-order valence-electron chi connectivity index (χ3n) is 3.26. The number of hydrogen-bond donors (Lipinski definition) is 2. The minimum atomic E-state index is 0.560. The van der Waals surface area contributed by atoms with Crippen LogP contribution in [0.25, 0.3) is 0 Å². The molecule has 0 aromatic heterocycles. The summed E-state index contributed by atoms with van der Waals surface area (Å²) in [5.41, 5.74) is 1.02. The van der Waals surface area contributed by atoms with Crippen molar-refractivity contribution in [2.75, 3.05) is 31.6 Å². The van der Waals surface area contributed by atoms with E-state index in [1.165, 1.54) is 12.8 Å². The minimum Gasteiger partial charge on any atom is -0.494 e. The van der Waals surface area contributed by atoms with Crippen LogP contribution in [0.2, 0.25) is 0 Å². The predicted molar refractivity (Wildman–Crippen MR) is 78.3 cm³/mol. The molecule has 0 radical (unpaired) electrons. The zero-order chi connectivity index (χ0) is 13.5. The lowest BCUT2D eigenvalue weighted by molar-refractivity contribution is 0.331. The number of nitrogens with one attached hydrogen (secondary N) is 2. The van der Waals surface area contributed by atoms with E-state index in [4.69, 9.17) is 9.47 Å². The highest BCUT2D eigenvalue weighted by Gasteiger charge is 2.14. The average Bonchev–Trinajstić information content (AvgIpc) is 2.92. The van der Waals surface area contributed by atoms with Crippen LogP contribution >= 0.6 is 0 Å². The van der Waals surface area contributed by atoms with Gasteiger partial charge in [-0.25, -0.2) is 0 Å². The molecule has 4 heteroatoms. The van der Waals surface area contributed by atoms with E-state index in [1.54, 1.807) is 0 Å². The van der Waals surface area contributed by atoms with Crippen LogP contribution in [0, 0.1) is 0 Å². The van der Waals surface area contributed by atoms with Crippen molar-refractivity contribution < 1.29 is 9.47 Å². The maximum absolute atomic E-state index is 5.65.